The fourth-order valence-corrected chi connectivity index (χ4v) is 4.85. The Morgan fingerprint density at radius 3 is 2.50 bits per heavy atom. The summed E-state index contributed by atoms with van der Waals surface area (Å²) >= 11 is 5.00. The molecule has 2 heterocycles. The van der Waals surface area contributed by atoms with Gasteiger partial charge in [0.2, 0.25) is 11.8 Å². The van der Waals surface area contributed by atoms with E-state index in [9.17, 15) is 9.59 Å². The molecule has 5 heteroatoms. The minimum absolute atomic E-state index is 0.0152. The maximum absolute atomic E-state index is 12.8. The molecule has 1 saturated heterocycles. The Kier molecular flexibility index (Phi) is 4.00. The number of carbonyl (C=O) groups is 2. The zero-order valence-electron chi connectivity index (χ0n) is 11.4. The molecule has 2 amide bonds. The summed E-state index contributed by atoms with van der Waals surface area (Å²) in [7, 11) is 0. The van der Waals surface area contributed by atoms with Crippen molar-refractivity contribution in [2.24, 2.45) is 5.41 Å². The lowest BCUT2D eigenvalue weighted by atomic mass is 9.79. The summed E-state index contributed by atoms with van der Waals surface area (Å²) in [5, 5.41) is 1.99. The summed E-state index contributed by atoms with van der Waals surface area (Å²) in [6, 6.07) is 1.99. The molecule has 1 saturated carbocycles. The van der Waals surface area contributed by atoms with Gasteiger partial charge in [0, 0.05) is 21.2 Å². The largest absolute Gasteiger partial charge is 0.277 e. The van der Waals surface area contributed by atoms with E-state index in [1.807, 2.05) is 11.4 Å². The molecular formula is C15H18BrNO2S. The van der Waals surface area contributed by atoms with Gasteiger partial charge >= 0.3 is 0 Å². The fraction of sp³-hybridized carbons (Fsp3) is 0.600. The highest BCUT2D eigenvalue weighted by Crippen LogP contribution is 2.44. The smallest absolute Gasteiger partial charge is 0.236 e. The van der Waals surface area contributed by atoms with Crippen LogP contribution in [0.4, 0.5) is 0 Å². The predicted molar refractivity (Wildman–Crippen MR) is 82.3 cm³/mol. The molecule has 2 fully saturated rings. The summed E-state index contributed by atoms with van der Waals surface area (Å²) < 4.78 is 1.01. The third kappa shape index (κ3) is 2.58. The number of thiophene rings is 1. The number of rotatable bonds is 2. The van der Waals surface area contributed by atoms with Crippen molar-refractivity contribution >= 4 is 39.1 Å². The highest BCUT2D eigenvalue weighted by Gasteiger charge is 2.50. The molecule has 0 radical (unpaired) electrons. The average Bonchev–Trinajstić information content (AvgIpc) is 2.80. The lowest BCUT2D eigenvalue weighted by molar-refractivity contribution is -0.142. The van der Waals surface area contributed by atoms with Gasteiger partial charge in [-0.3, -0.25) is 14.5 Å². The molecule has 0 aromatic carbocycles. The van der Waals surface area contributed by atoms with Gasteiger partial charge in [0.1, 0.15) is 0 Å². The van der Waals surface area contributed by atoms with E-state index in [0.29, 0.717) is 13.0 Å². The van der Waals surface area contributed by atoms with Crippen molar-refractivity contribution in [3.63, 3.8) is 0 Å². The molecule has 1 aliphatic carbocycles. The van der Waals surface area contributed by atoms with Crippen LogP contribution in [0.15, 0.2) is 15.9 Å². The molecule has 108 valence electrons. The SMILES string of the molecule is O=C1CC2(CCCCCC2)C(=O)N1Cc1cc(Br)cs1. The first-order valence-corrected chi connectivity index (χ1v) is 8.86. The van der Waals surface area contributed by atoms with E-state index >= 15 is 0 Å². The Morgan fingerprint density at radius 1 is 1.20 bits per heavy atom. The van der Waals surface area contributed by atoms with Crippen LogP contribution in [0.25, 0.3) is 0 Å². The van der Waals surface area contributed by atoms with E-state index in [1.165, 1.54) is 17.7 Å². The van der Waals surface area contributed by atoms with Gasteiger partial charge in [-0.05, 0) is 34.8 Å². The number of hydrogen-bond acceptors (Lipinski definition) is 3. The minimum atomic E-state index is -0.373. The number of amides is 2. The molecule has 20 heavy (non-hydrogen) atoms. The maximum Gasteiger partial charge on any atom is 0.236 e. The summed E-state index contributed by atoms with van der Waals surface area (Å²) in [6.45, 7) is 0.440. The Bertz CT molecular complexity index is 532. The topological polar surface area (TPSA) is 37.4 Å². The Morgan fingerprint density at radius 2 is 1.90 bits per heavy atom. The van der Waals surface area contributed by atoms with Crippen LogP contribution in [-0.2, 0) is 16.1 Å². The minimum Gasteiger partial charge on any atom is -0.277 e. The van der Waals surface area contributed by atoms with Gasteiger partial charge in [-0.25, -0.2) is 0 Å². The molecule has 1 aliphatic heterocycles. The first-order valence-electron chi connectivity index (χ1n) is 7.18. The number of hydrogen-bond donors (Lipinski definition) is 0. The van der Waals surface area contributed by atoms with E-state index in [4.69, 9.17) is 0 Å². The highest BCUT2D eigenvalue weighted by molar-refractivity contribution is 9.10. The van der Waals surface area contributed by atoms with Crippen LogP contribution in [0.5, 0.6) is 0 Å². The average molecular weight is 356 g/mol. The number of carbonyl (C=O) groups excluding carboxylic acids is 2. The van der Waals surface area contributed by atoms with E-state index < -0.39 is 0 Å². The molecule has 1 aromatic heterocycles. The first-order chi connectivity index (χ1) is 9.61. The normalized spacial score (nSPS) is 22.6. The van der Waals surface area contributed by atoms with E-state index in [1.54, 1.807) is 11.3 Å². The predicted octanol–water partition coefficient (Wildman–Crippen LogP) is 4.11. The van der Waals surface area contributed by atoms with Gasteiger partial charge in [-0.15, -0.1) is 11.3 Å². The van der Waals surface area contributed by atoms with Crippen molar-refractivity contribution in [1.29, 1.82) is 0 Å². The van der Waals surface area contributed by atoms with E-state index in [2.05, 4.69) is 15.9 Å². The summed E-state index contributed by atoms with van der Waals surface area (Å²) in [5.74, 6) is 0.0929. The second-order valence-corrected chi connectivity index (χ2v) is 7.80. The summed E-state index contributed by atoms with van der Waals surface area (Å²) in [4.78, 5) is 27.6. The fourth-order valence-electron chi connectivity index (χ4n) is 3.41. The highest BCUT2D eigenvalue weighted by atomic mass is 79.9. The quantitative estimate of drug-likeness (QED) is 0.748. The number of nitrogens with zero attached hydrogens (tertiary/aromatic N) is 1. The molecule has 3 rings (SSSR count). The molecule has 1 spiro atoms. The molecule has 1 aromatic rings. The van der Waals surface area contributed by atoms with Gasteiger partial charge in [-0.1, -0.05) is 25.7 Å². The molecule has 0 bridgehead atoms. The zero-order chi connectivity index (χ0) is 14.2. The Balaban J connectivity index is 1.79. The van der Waals surface area contributed by atoms with Crippen LogP contribution in [0, 0.1) is 5.41 Å². The number of halogens is 1. The molecule has 0 unspecified atom stereocenters. The lowest BCUT2D eigenvalue weighted by Gasteiger charge is -2.24. The van der Waals surface area contributed by atoms with Crippen molar-refractivity contribution in [1.82, 2.24) is 4.90 Å². The van der Waals surface area contributed by atoms with E-state index in [-0.39, 0.29) is 17.2 Å². The van der Waals surface area contributed by atoms with Crippen molar-refractivity contribution in [3.8, 4) is 0 Å². The zero-order valence-corrected chi connectivity index (χ0v) is 13.8. The summed E-state index contributed by atoms with van der Waals surface area (Å²) in [5.41, 5.74) is -0.373. The van der Waals surface area contributed by atoms with Crippen molar-refractivity contribution in [2.75, 3.05) is 0 Å². The van der Waals surface area contributed by atoms with Crippen molar-refractivity contribution < 1.29 is 9.59 Å². The second-order valence-electron chi connectivity index (χ2n) is 5.89. The van der Waals surface area contributed by atoms with Crippen molar-refractivity contribution in [3.05, 3.63) is 20.8 Å². The summed E-state index contributed by atoms with van der Waals surface area (Å²) in [6.07, 6.45) is 6.76. The van der Waals surface area contributed by atoms with Crippen molar-refractivity contribution in [2.45, 2.75) is 51.5 Å². The molecular weight excluding hydrogens is 338 g/mol. The molecule has 0 atom stereocenters. The van der Waals surface area contributed by atoms with Crippen LogP contribution in [-0.4, -0.2) is 16.7 Å². The standard InChI is InChI=1S/C15H18BrNO2S/c16-11-7-12(20-10-11)9-17-13(18)8-15(14(17)19)5-3-1-2-4-6-15/h7,10H,1-6,8-9H2. The first kappa shape index (κ1) is 14.3. The van der Waals surface area contributed by atoms with Crippen LogP contribution in [0.2, 0.25) is 0 Å². The van der Waals surface area contributed by atoms with Crippen LogP contribution >= 0.6 is 27.3 Å². The lowest BCUT2D eigenvalue weighted by Crippen LogP contribution is -2.34. The number of likely N-dealkylation sites (tertiary alicyclic amines) is 1. The van der Waals surface area contributed by atoms with Gasteiger partial charge in [0.25, 0.3) is 0 Å². The monoisotopic (exact) mass is 355 g/mol. The van der Waals surface area contributed by atoms with Gasteiger partial charge in [0.15, 0.2) is 0 Å². The Hall–Kier alpha value is -0.680. The third-order valence-electron chi connectivity index (χ3n) is 4.49. The second kappa shape index (κ2) is 5.60. The molecule has 3 nitrogen and oxygen atoms in total. The Labute approximate surface area is 131 Å². The molecule has 2 aliphatic rings. The molecule has 0 N–H and O–H groups in total. The van der Waals surface area contributed by atoms with Gasteiger partial charge in [-0.2, -0.15) is 0 Å². The maximum atomic E-state index is 12.8. The number of imide groups is 1. The van der Waals surface area contributed by atoms with Gasteiger partial charge in [0.05, 0.1) is 12.0 Å². The van der Waals surface area contributed by atoms with Crippen LogP contribution < -0.4 is 0 Å². The van der Waals surface area contributed by atoms with E-state index in [0.717, 1.165) is 35.0 Å². The van der Waals surface area contributed by atoms with Crippen LogP contribution in [0.1, 0.15) is 49.8 Å². The van der Waals surface area contributed by atoms with Crippen LogP contribution in [0.3, 0.4) is 0 Å². The third-order valence-corrected chi connectivity index (χ3v) is 6.17. The van der Waals surface area contributed by atoms with Gasteiger partial charge < -0.3 is 0 Å².